The van der Waals surface area contributed by atoms with E-state index in [9.17, 15) is 5.11 Å². The number of rotatable bonds is 7. The van der Waals surface area contributed by atoms with Crippen molar-refractivity contribution in [3.63, 3.8) is 0 Å². The molecule has 3 N–H and O–H groups in total. The molecular formula is C19H33IN4O. The highest BCUT2D eigenvalue weighted by molar-refractivity contribution is 14.0. The first kappa shape index (κ1) is 22.2. The van der Waals surface area contributed by atoms with Gasteiger partial charge in [-0.15, -0.1) is 24.0 Å². The summed E-state index contributed by atoms with van der Waals surface area (Å²) in [5.74, 6) is 0.878. The van der Waals surface area contributed by atoms with Crippen molar-refractivity contribution in [2.24, 2.45) is 4.99 Å². The van der Waals surface area contributed by atoms with Gasteiger partial charge in [-0.1, -0.05) is 30.3 Å². The smallest absolute Gasteiger partial charge is 0.191 e. The van der Waals surface area contributed by atoms with E-state index >= 15 is 0 Å². The molecule has 25 heavy (non-hydrogen) atoms. The molecule has 0 aliphatic carbocycles. The van der Waals surface area contributed by atoms with Crippen LogP contribution < -0.4 is 10.6 Å². The van der Waals surface area contributed by atoms with Crippen molar-refractivity contribution in [1.82, 2.24) is 15.5 Å². The fourth-order valence-electron chi connectivity index (χ4n) is 2.98. The molecule has 1 aromatic carbocycles. The van der Waals surface area contributed by atoms with Gasteiger partial charge < -0.3 is 20.6 Å². The zero-order valence-corrected chi connectivity index (χ0v) is 17.8. The molecular weight excluding hydrogens is 427 g/mol. The van der Waals surface area contributed by atoms with Crippen LogP contribution in [0.5, 0.6) is 0 Å². The average molecular weight is 460 g/mol. The van der Waals surface area contributed by atoms with E-state index < -0.39 is 0 Å². The van der Waals surface area contributed by atoms with Gasteiger partial charge in [0, 0.05) is 26.2 Å². The number of benzene rings is 1. The van der Waals surface area contributed by atoms with Crippen LogP contribution in [-0.2, 0) is 0 Å². The lowest BCUT2D eigenvalue weighted by Crippen LogP contribution is -2.39. The van der Waals surface area contributed by atoms with E-state index in [4.69, 9.17) is 4.99 Å². The fourth-order valence-corrected chi connectivity index (χ4v) is 2.98. The van der Waals surface area contributed by atoms with Crippen LogP contribution in [0, 0.1) is 0 Å². The maximum Gasteiger partial charge on any atom is 0.191 e. The zero-order valence-electron chi connectivity index (χ0n) is 15.4. The molecule has 6 heteroatoms. The molecule has 5 nitrogen and oxygen atoms in total. The number of nitrogens with zero attached hydrogens (tertiary/aromatic N) is 2. The van der Waals surface area contributed by atoms with Crippen LogP contribution in [0.2, 0.25) is 0 Å². The van der Waals surface area contributed by atoms with Crippen LogP contribution in [0.15, 0.2) is 35.3 Å². The lowest BCUT2D eigenvalue weighted by atomic mass is 10.1. The SMILES string of the molecule is CCNC(=NCCCN1CCC(O)CC1)NC(C)c1ccccc1.I. The van der Waals surface area contributed by atoms with Gasteiger partial charge in [0.15, 0.2) is 5.96 Å². The molecule has 1 fully saturated rings. The van der Waals surface area contributed by atoms with E-state index in [1.165, 1.54) is 5.56 Å². The summed E-state index contributed by atoms with van der Waals surface area (Å²) in [5.41, 5.74) is 1.26. The second-order valence-corrected chi connectivity index (χ2v) is 6.46. The van der Waals surface area contributed by atoms with Crippen LogP contribution in [0.4, 0.5) is 0 Å². The molecule has 1 atom stereocenters. The molecule has 1 heterocycles. The topological polar surface area (TPSA) is 59.9 Å². The largest absolute Gasteiger partial charge is 0.393 e. The first-order valence-electron chi connectivity index (χ1n) is 9.19. The summed E-state index contributed by atoms with van der Waals surface area (Å²) in [4.78, 5) is 7.12. The number of hydrogen-bond donors (Lipinski definition) is 3. The van der Waals surface area contributed by atoms with E-state index in [-0.39, 0.29) is 36.1 Å². The van der Waals surface area contributed by atoms with Crippen molar-refractivity contribution in [3.05, 3.63) is 35.9 Å². The quantitative estimate of drug-likeness (QED) is 0.254. The number of hydrogen-bond acceptors (Lipinski definition) is 3. The molecule has 2 rings (SSSR count). The number of piperidine rings is 1. The fraction of sp³-hybridized carbons (Fsp3) is 0.632. The molecule has 1 aliphatic heterocycles. The Labute approximate surface area is 169 Å². The van der Waals surface area contributed by atoms with Crippen molar-refractivity contribution in [3.8, 4) is 0 Å². The number of guanidine groups is 1. The van der Waals surface area contributed by atoms with E-state index in [0.717, 1.165) is 57.9 Å². The van der Waals surface area contributed by atoms with Crippen molar-refractivity contribution in [2.75, 3.05) is 32.7 Å². The van der Waals surface area contributed by atoms with E-state index in [0.29, 0.717) is 0 Å². The van der Waals surface area contributed by atoms with Crippen molar-refractivity contribution in [1.29, 1.82) is 0 Å². The number of likely N-dealkylation sites (tertiary alicyclic amines) is 1. The highest BCUT2D eigenvalue weighted by Crippen LogP contribution is 2.11. The van der Waals surface area contributed by atoms with Gasteiger partial charge in [0.2, 0.25) is 0 Å². The van der Waals surface area contributed by atoms with Gasteiger partial charge in [-0.3, -0.25) is 4.99 Å². The second-order valence-electron chi connectivity index (χ2n) is 6.46. The molecule has 1 saturated heterocycles. The van der Waals surface area contributed by atoms with Gasteiger partial charge >= 0.3 is 0 Å². The molecule has 1 unspecified atom stereocenters. The highest BCUT2D eigenvalue weighted by Gasteiger charge is 2.16. The molecule has 0 spiro atoms. The standard InChI is InChI=1S/C19H32N4O.HI/c1-3-20-19(22-16(2)17-8-5-4-6-9-17)21-12-7-13-23-14-10-18(24)11-15-23;/h4-6,8-9,16,18,24H,3,7,10-15H2,1-2H3,(H2,20,21,22);1H. The molecule has 0 aromatic heterocycles. The second kappa shape index (κ2) is 12.5. The Morgan fingerprint density at radius 3 is 2.60 bits per heavy atom. The highest BCUT2D eigenvalue weighted by atomic mass is 127. The minimum absolute atomic E-state index is 0. The molecule has 0 amide bonds. The summed E-state index contributed by atoms with van der Waals surface area (Å²) in [7, 11) is 0. The first-order chi connectivity index (χ1) is 11.7. The number of halogens is 1. The average Bonchev–Trinajstić information content (AvgIpc) is 2.61. The van der Waals surface area contributed by atoms with E-state index in [1.807, 2.05) is 6.07 Å². The third-order valence-corrected chi connectivity index (χ3v) is 4.46. The Balaban J connectivity index is 0.00000312. The lowest BCUT2D eigenvalue weighted by Gasteiger charge is -2.29. The molecule has 0 radical (unpaired) electrons. The van der Waals surface area contributed by atoms with Gasteiger partial charge in [0.05, 0.1) is 12.1 Å². The third-order valence-electron chi connectivity index (χ3n) is 4.46. The molecule has 0 bridgehead atoms. The minimum atomic E-state index is -0.0942. The number of aliphatic hydroxyl groups excluding tert-OH is 1. The Morgan fingerprint density at radius 2 is 1.96 bits per heavy atom. The molecule has 1 aromatic rings. The summed E-state index contributed by atoms with van der Waals surface area (Å²) in [6.07, 6.45) is 2.76. The third kappa shape index (κ3) is 8.37. The molecule has 142 valence electrons. The zero-order chi connectivity index (χ0) is 17.2. The maximum absolute atomic E-state index is 9.54. The van der Waals surface area contributed by atoms with Gasteiger partial charge in [0.1, 0.15) is 0 Å². The van der Waals surface area contributed by atoms with Gasteiger partial charge in [-0.25, -0.2) is 0 Å². The molecule has 1 aliphatic rings. The van der Waals surface area contributed by atoms with Gasteiger partial charge in [-0.2, -0.15) is 0 Å². The maximum atomic E-state index is 9.54. The number of aliphatic hydroxyl groups is 1. The summed E-state index contributed by atoms with van der Waals surface area (Å²) >= 11 is 0. The normalized spacial score (nSPS) is 17.6. The van der Waals surface area contributed by atoms with Gasteiger partial charge in [0.25, 0.3) is 0 Å². The van der Waals surface area contributed by atoms with Crippen LogP contribution in [0.3, 0.4) is 0 Å². The Morgan fingerprint density at radius 1 is 1.28 bits per heavy atom. The van der Waals surface area contributed by atoms with Crippen LogP contribution in [0.1, 0.15) is 44.7 Å². The summed E-state index contributed by atoms with van der Waals surface area (Å²) in [6, 6.07) is 10.7. The van der Waals surface area contributed by atoms with Crippen LogP contribution >= 0.6 is 24.0 Å². The van der Waals surface area contributed by atoms with E-state index in [2.05, 4.69) is 53.6 Å². The Kier molecular flexibility index (Phi) is 11.1. The van der Waals surface area contributed by atoms with Crippen LogP contribution in [-0.4, -0.2) is 54.8 Å². The first-order valence-corrected chi connectivity index (χ1v) is 9.19. The van der Waals surface area contributed by atoms with Gasteiger partial charge in [-0.05, 0) is 45.2 Å². The lowest BCUT2D eigenvalue weighted by molar-refractivity contribution is 0.0824. The van der Waals surface area contributed by atoms with E-state index in [1.54, 1.807) is 0 Å². The van der Waals surface area contributed by atoms with Crippen molar-refractivity contribution < 1.29 is 5.11 Å². The summed E-state index contributed by atoms with van der Waals surface area (Å²) in [5, 5.41) is 16.3. The van der Waals surface area contributed by atoms with Crippen LogP contribution in [0.25, 0.3) is 0 Å². The minimum Gasteiger partial charge on any atom is -0.393 e. The number of aliphatic imine (C=N–C) groups is 1. The predicted octanol–water partition coefficient (Wildman–Crippen LogP) is 2.77. The van der Waals surface area contributed by atoms with Crippen molar-refractivity contribution in [2.45, 2.75) is 45.3 Å². The predicted molar refractivity (Wildman–Crippen MR) is 116 cm³/mol. The Bertz CT molecular complexity index is 489. The summed E-state index contributed by atoms with van der Waals surface area (Å²) < 4.78 is 0. The molecule has 0 saturated carbocycles. The van der Waals surface area contributed by atoms with Crippen molar-refractivity contribution >= 4 is 29.9 Å². The monoisotopic (exact) mass is 460 g/mol. The Hall–Kier alpha value is -0.860. The number of nitrogens with one attached hydrogen (secondary N) is 2. The summed E-state index contributed by atoms with van der Waals surface area (Å²) in [6.45, 7) is 8.99.